The quantitative estimate of drug-likeness (QED) is 0.813. The van der Waals surface area contributed by atoms with Crippen LogP contribution in [0.3, 0.4) is 0 Å². The Labute approximate surface area is 170 Å². The van der Waals surface area contributed by atoms with Crippen molar-refractivity contribution < 1.29 is 19.5 Å². The summed E-state index contributed by atoms with van der Waals surface area (Å²) in [5.74, 6) is -1.17. The summed E-state index contributed by atoms with van der Waals surface area (Å²) in [5.41, 5.74) is 1.81. The topological polar surface area (TPSA) is 86.7 Å². The number of nitrogens with one attached hydrogen (secondary N) is 1. The minimum absolute atomic E-state index is 0.0328. The van der Waals surface area contributed by atoms with Crippen molar-refractivity contribution in [3.8, 4) is 11.1 Å². The van der Waals surface area contributed by atoms with Crippen LogP contribution in [0.4, 0.5) is 0 Å². The molecule has 0 aromatic heterocycles. The molecule has 0 unspecified atom stereocenters. The number of benzene rings is 2. The number of aromatic carboxylic acids is 1. The van der Waals surface area contributed by atoms with Gasteiger partial charge in [0.15, 0.2) is 0 Å². The minimum atomic E-state index is -1.02. The molecule has 1 aliphatic rings. The predicted molar refractivity (Wildman–Crippen MR) is 111 cm³/mol. The van der Waals surface area contributed by atoms with Gasteiger partial charge in [0.05, 0.1) is 5.56 Å². The number of hydrogen-bond acceptors (Lipinski definition) is 3. The normalized spacial score (nSPS) is 14.7. The Morgan fingerprint density at radius 2 is 1.45 bits per heavy atom. The standard InChI is InChI=1S/C23H26N2O4/c1-15(2)21(26)24-16-11-13-25(14-12-16)22(27)19-9-5-3-7-17(19)18-8-4-6-10-20(18)23(28)29/h3-10,15-16H,11-14H2,1-2H3,(H,24,26)(H,28,29). The van der Waals surface area contributed by atoms with Gasteiger partial charge in [-0.1, -0.05) is 50.2 Å². The average Bonchev–Trinajstić information content (AvgIpc) is 2.73. The van der Waals surface area contributed by atoms with Gasteiger partial charge in [0.2, 0.25) is 5.91 Å². The van der Waals surface area contributed by atoms with E-state index in [0.29, 0.717) is 42.6 Å². The molecule has 2 aromatic rings. The van der Waals surface area contributed by atoms with E-state index in [0.717, 1.165) is 0 Å². The maximum Gasteiger partial charge on any atom is 0.336 e. The van der Waals surface area contributed by atoms with Crippen LogP contribution >= 0.6 is 0 Å². The predicted octanol–water partition coefficient (Wildman–Crippen LogP) is 3.43. The number of piperidine rings is 1. The van der Waals surface area contributed by atoms with E-state index in [4.69, 9.17) is 0 Å². The molecule has 3 rings (SSSR count). The second kappa shape index (κ2) is 8.90. The first-order valence-corrected chi connectivity index (χ1v) is 9.90. The summed E-state index contributed by atoms with van der Waals surface area (Å²) in [5, 5.41) is 12.5. The fourth-order valence-electron chi connectivity index (χ4n) is 3.57. The van der Waals surface area contributed by atoms with E-state index >= 15 is 0 Å². The third kappa shape index (κ3) is 4.65. The lowest BCUT2D eigenvalue weighted by Gasteiger charge is -2.33. The molecule has 2 N–H and O–H groups in total. The summed E-state index contributed by atoms with van der Waals surface area (Å²) in [6.07, 6.45) is 1.41. The van der Waals surface area contributed by atoms with Crippen LogP contribution in [0.2, 0.25) is 0 Å². The molecule has 0 saturated carbocycles. The summed E-state index contributed by atoms with van der Waals surface area (Å²) in [6.45, 7) is 4.83. The van der Waals surface area contributed by atoms with Gasteiger partial charge in [-0.3, -0.25) is 9.59 Å². The second-order valence-corrected chi connectivity index (χ2v) is 7.63. The number of carboxylic acids is 1. The number of rotatable bonds is 5. The van der Waals surface area contributed by atoms with E-state index in [1.54, 1.807) is 53.4 Å². The molecule has 6 nitrogen and oxygen atoms in total. The molecule has 1 heterocycles. The summed E-state index contributed by atoms with van der Waals surface area (Å²) < 4.78 is 0. The van der Waals surface area contributed by atoms with Crippen molar-refractivity contribution >= 4 is 17.8 Å². The van der Waals surface area contributed by atoms with Gasteiger partial charge >= 0.3 is 5.97 Å². The van der Waals surface area contributed by atoms with E-state index in [2.05, 4.69) is 5.32 Å². The fraction of sp³-hybridized carbons (Fsp3) is 0.348. The van der Waals surface area contributed by atoms with Gasteiger partial charge in [-0.05, 0) is 36.1 Å². The van der Waals surface area contributed by atoms with E-state index in [-0.39, 0.29) is 29.3 Å². The molecule has 0 atom stereocenters. The van der Waals surface area contributed by atoms with Crippen LogP contribution in [0.25, 0.3) is 11.1 Å². The summed E-state index contributed by atoms with van der Waals surface area (Å²) in [6, 6.07) is 13.9. The Hall–Kier alpha value is -3.15. The summed E-state index contributed by atoms with van der Waals surface area (Å²) in [4.78, 5) is 38.5. The zero-order chi connectivity index (χ0) is 21.0. The van der Waals surface area contributed by atoms with Gasteiger partial charge in [0, 0.05) is 30.6 Å². The van der Waals surface area contributed by atoms with Crippen molar-refractivity contribution in [1.29, 1.82) is 0 Å². The van der Waals surface area contributed by atoms with Crippen molar-refractivity contribution in [2.45, 2.75) is 32.7 Å². The molecule has 6 heteroatoms. The minimum Gasteiger partial charge on any atom is -0.478 e. The highest BCUT2D eigenvalue weighted by Gasteiger charge is 2.27. The van der Waals surface area contributed by atoms with E-state index in [1.165, 1.54) is 0 Å². The third-order valence-electron chi connectivity index (χ3n) is 5.26. The van der Waals surface area contributed by atoms with E-state index < -0.39 is 5.97 Å². The molecule has 2 amide bonds. The number of nitrogens with zero attached hydrogens (tertiary/aromatic N) is 1. The monoisotopic (exact) mass is 394 g/mol. The SMILES string of the molecule is CC(C)C(=O)NC1CCN(C(=O)c2ccccc2-c2ccccc2C(=O)O)CC1. The first-order chi connectivity index (χ1) is 13.9. The molecule has 0 spiro atoms. The molecule has 2 aromatic carbocycles. The highest BCUT2D eigenvalue weighted by molar-refractivity contribution is 6.04. The van der Waals surface area contributed by atoms with Gasteiger partial charge in [-0.2, -0.15) is 0 Å². The first-order valence-electron chi connectivity index (χ1n) is 9.90. The molecular weight excluding hydrogens is 368 g/mol. The third-order valence-corrected chi connectivity index (χ3v) is 5.26. The van der Waals surface area contributed by atoms with Crippen LogP contribution in [0.15, 0.2) is 48.5 Å². The lowest BCUT2D eigenvalue weighted by molar-refractivity contribution is -0.124. The summed E-state index contributed by atoms with van der Waals surface area (Å²) in [7, 11) is 0. The van der Waals surface area contributed by atoms with Crippen LogP contribution in [-0.4, -0.2) is 46.9 Å². The maximum absolute atomic E-state index is 13.2. The van der Waals surface area contributed by atoms with Gasteiger partial charge in [-0.15, -0.1) is 0 Å². The zero-order valence-electron chi connectivity index (χ0n) is 16.7. The van der Waals surface area contributed by atoms with Gasteiger partial charge in [0.25, 0.3) is 5.91 Å². The van der Waals surface area contributed by atoms with Crippen molar-refractivity contribution in [1.82, 2.24) is 10.2 Å². The Bertz CT molecular complexity index is 915. The van der Waals surface area contributed by atoms with Crippen LogP contribution in [0, 0.1) is 5.92 Å². The molecule has 0 aliphatic carbocycles. The largest absolute Gasteiger partial charge is 0.478 e. The maximum atomic E-state index is 13.2. The molecule has 29 heavy (non-hydrogen) atoms. The van der Waals surface area contributed by atoms with Crippen molar-refractivity contribution in [2.75, 3.05) is 13.1 Å². The average molecular weight is 394 g/mol. The Balaban J connectivity index is 1.79. The van der Waals surface area contributed by atoms with E-state index in [1.807, 2.05) is 13.8 Å². The molecule has 0 bridgehead atoms. The molecule has 1 saturated heterocycles. The molecule has 152 valence electrons. The van der Waals surface area contributed by atoms with Crippen LogP contribution in [0.1, 0.15) is 47.4 Å². The number of carbonyl (C=O) groups is 3. The number of amides is 2. The Kier molecular flexibility index (Phi) is 6.32. The zero-order valence-corrected chi connectivity index (χ0v) is 16.7. The van der Waals surface area contributed by atoms with Gasteiger partial charge in [-0.25, -0.2) is 4.79 Å². The summed E-state index contributed by atoms with van der Waals surface area (Å²) >= 11 is 0. The van der Waals surface area contributed by atoms with Crippen molar-refractivity contribution in [3.05, 3.63) is 59.7 Å². The lowest BCUT2D eigenvalue weighted by Crippen LogP contribution is -2.47. The Morgan fingerprint density at radius 3 is 2.00 bits per heavy atom. The second-order valence-electron chi connectivity index (χ2n) is 7.63. The van der Waals surface area contributed by atoms with Crippen molar-refractivity contribution in [3.63, 3.8) is 0 Å². The fourth-order valence-corrected chi connectivity index (χ4v) is 3.57. The highest BCUT2D eigenvalue weighted by Crippen LogP contribution is 2.29. The number of carboxylic acid groups (broad SMARTS) is 1. The van der Waals surface area contributed by atoms with Gasteiger partial charge in [0.1, 0.15) is 0 Å². The highest BCUT2D eigenvalue weighted by atomic mass is 16.4. The van der Waals surface area contributed by atoms with E-state index in [9.17, 15) is 19.5 Å². The van der Waals surface area contributed by atoms with Crippen LogP contribution < -0.4 is 5.32 Å². The number of carbonyl (C=O) groups excluding carboxylic acids is 2. The molecule has 1 fully saturated rings. The molecular formula is C23H26N2O4. The first kappa shape index (κ1) is 20.6. The smallest absolute Gasteiger partial charge is 0.336 e. The number of hydrogen-bond donors (Lipinski definition) is 2. The Morgan fingerprint density at radius 1 is 0.931 bits per heavy atom. The lowest BCUT2D eigenvalue weighted by atomic mass is 9.94. The van der Waals surface area contributed by atoms with Crippen LogP contribution in [0.5, 0.6) is 0 Å². The van der Waals surface area contributed by atoms with Crippen LogP contribution in [-0.2, 0) is 4.79 Å². The van der Waals surface area contributed by atoms with Gasteiger partial charge < -0.3 is 15.3 Å². The number of likely N-dealkylation sites (tertiary alicyclic amines) is 1. The molecule has 0 radical (unpaired) electrons. The molecule has 1 aliphatic heterocycles. The van der Waals surface area contributed by atoms with Crippen molar-refractivity contribution in [2.24, 2.45) is 5.92 Å².